The number of hydrogen-bond acceptors (Lipinski definition) is 0. The van der Waals surface area contributed by atoms with Crippen LogP contribution in [-0.2, 0) is 18.8 Å². The number of rotatable bonds is 0. The molecule has 0 heterocycles. The Bertz CT molecular complexity index is 157. The second kappa shape index (κ2) is 17.0. The van der Waals surface area contributed by atoms with E-state index in [0.29, 0.717) is 0 Å². The van der Waals surface area contributed by atoms with Gasteiger partial charge in [-0.2, -0.15) is 0 Å². The van der Waals surface area contributed by atoms with Crippen LogP contribution in [0.3, 0.4) is 0 Å². The normalized spacial score (nSPS) is 23.5. The summed E-state index contributed by atoms with van der Waals surface area (Å²) < 4.78 is 9.39. The first kappa shape index (κ1) is 18.0. The fourth-order valence-electron chi connectivity index (χ4n) is 2.23. The zero-order valence-electron chi connectivity index (χ0n) is 11.5. The average Bonchev–Trinajstić information content (AvgIpc) is 2.30. The van der Waals surface area contributed by atoms with E-state index in [1.807, 2.05) is 0 Å². The quantitative estimate of drug-likeness (QED) is 0.363. The SMILES string of the molecule is C1=C\CCCCCC/1.C1=C\CCCCCC/1.[F][Rh]. The van der Waals surface area contributed by atoms with Crippen LogP contribution in [0.2, 0.25) is 0 Å². The van der Waals surface area contributed by atoms with Gasteiger partial charge in [0.15, 0.2) is 0 Å². The van der Waals surface area contributed by atoms with Crippen LogP contribution in [0, 0.1) is 0 Å². The average molecular weight is 342 g/mol. The van der Waals surface area contributed by atoms with Gasteiger partial charge in [-0.1, -0.05) is 50.0 Å². The van der Waals surface area contributed by atoms with Gasteiger partial charge >= 0.3 is 22.1 Å². The van der Waals surface area contributed by atoms with Crippen LogP contribution in [0.5, 0.6) is 0 Å². The molecule has 0 saturated heterocycles. The fourth-order valence-corrected chi connectivity index (χ4v) is 2.23. The molecule has 0 atom stereocenters. The monoisotopic (exact) mass is 342 g/mol. The third-order valence-corrected chi connectivity index (χ3v) is 3.32. The van der Waals surface area contributed by atoms with Gasteiger partial charge in [0.25, 0.3) is 0 Å². The van der Waals surface area contributed by atoms with Gasteiger partial charge in [0.05, 0.1) is 0 Å². The van der Waals surface area contributed by atoms with Gasteiger partial charge < -0.3 is 0 Å². The summed E-state index contributed by atoms with van der Waals surface area (Å²) in [5.41, 5.74) is 0. The van der Waals surface area contributed by atoms with Crippen LogP contribution < -0.4 is 0 Å². The molecule has 0 unspecified atom stereocenters. The van der Waals surface area contributed by atoms with Gasteiger partial charge in [-0.3, -0.25) is 0 Å². The molecule has 2 rings (SSSR count). The Morgan fingerprint density at radius 1 is 0.444 bits per heavy atom. The third kappa shape index (κ3) is 14.1. The van der Waals surface area contributed by atoms with E-state index in [0.717, 1.165) is 18.8 Å². The van der Waals surface area contributed by atoms with Crippen LogP contribution in [0.25, 0.3) is 0 Å². The molecular weight excluding hydrogens is 314 g/mol. The zero-order chi connectivity index (χ0) is 13.3. The van der Waals surface area contributed by atoms with E-state index < -0.39 is 0 Å². The zero-order valence-corrected chi connectivity index (χ0v) is 13.1. The molecule has 0 aromatic carbocycles. The van der Waals surface area contributed by atoms with Crippen molar-refractivity contribution in [3.63, 3.8) is 0 Å². The standard InChI is InChI=1S/2C8H14.FH.Rh/c2*1-2-4-6-8-7-5-3-1;;/h2*1-2H,3-8H2;1H;/q;;;+1/p-1/b2*2-1-;;. The van der Waals surface area contributed by atoms with E-state index >= 15 is 0 Å². The second-order valence-corrected chi connectivity index (χ2v) is 4.93. The van der Waals surface area contributed by atoms with Crippen molar-refractivity contribution in [2.75, 3.05) is 0 Å². The molecule has 0 aromatic rings. The molecular formula is C16H28FRh. The summed E-state index contributed by atoms with van der Waals surface area (Å²) in [6.07, 6.45) is 26.0. The van der Waals surface area contributed by atoms with Gasteiger partial charge in [-0.15, -0.1) is 0 Å². The van der Waals surface area contributed by atoms with Crippen molar-refractivity contribution in [1.29, 1.82) is 0 Å². The third-order valence-electron chi connectivity index (χ3n) is 3.32. The molecule has 0 nitrogen and oxygen atoms in total. The Hall–Kier alpha value is 0.0334. The van der Waals surface area contributed by atoms with Crippen molar-refractivity contribution in [3.05, 3.63) is 24.3 Å². The molecule has 18 heavy (non-hydrogen) atoms. The fraction of sp³-hybridized carbons (Fsp3) is 0.750. The first-order valence-corrected chi connectivity index (χ1v) is 8.05. The summed E-state index contributed by atoms with van der Waals surface area (Å²) >= 11 is 1.05. The van der Waals surface area contributed by atoms with Gasteiger partial charge in [0.2, 0.25) is 0 Å². The van der Waals surface area contributed by atoms with Crippen molar-refractivity contribution < 1.29 is 22.1 Å². The first-order valence-electron chi connectivity index (χ1n) is 7.43. The Kier molecular flexibility index (Phi) is 17.1. The Labute approximate surface area is 123 Å². The molecule has 0 radical (unpaired) electrons. The molecule has 0 N–H and O–H groups in total. The second-order valence-electron chi connectivity index (χ2n) is 4.93. The molecule has 0 fully saturated rings. The number of allylic oxidation sites excluding steroid dienone is 4. The van der Waals surface area contributed by atoms with Crippen LogP contribution in [0.4, 0.5) is 3.32 Å². The Balaban J connectivity index is 0.000000283. The van der Waals surface area contributed by atoms with Gasteiger partial charge in [0.1, 0.15) is 0 Å². The van der Waals surface area contributed by atoms with Gasteiger partial charge in [-0.25, -0.2) is 0 Å². The van der Waals surface area contributed by atoms with E-state index in [2.05, 4.69) is 24.3 Å². The molecule has 0 aliphatic heterocycles. The maximum atomic E-state index is 9.39. The molecule has 2 heteroatoms. The minimum atomic E-state index is 1.05. The Morgan fingerprint density at radius 3 is 0.889 bits per heavy atom. The maximum absolute atomic E-state index is 9.39. The minimum absolute atomic E-state index is 1.05. The summed E-state index contributed by atoms with van der Waals surface area (Å²) in [5.74, 6) is 0. The predicted molar refractivity (Wildman–Crippen MR) is 74.8 cm³/mol. The van der Waals surface area contributed by atoms with Crippen LogP contribution in [0.15, 0.2) is 24.3 Å². The van der Waals surface area contributed by atoms with Crippen molar-refractivity contribution in [2.45, 2.75) is 77.0 Å². The van der Waals surface area contributed by atoms with Crippen LogP contribution in [-0.4, -0.2) is 0 Å². The van der Waals surface area contributed by atoms with E-state index in [4.69, 9.17) is 0 Å². The Morgan fingerprint density at radius 2 is 0.667 bits per heavy atom. The molecule has 0 aromatic heterocycles. The van der Waals surface area contributed by atoms with E-state index in [1.54, 1.807) is 0 Å². The van der Waals surface area contributed by atoms with Crippen molar-refractivity contribution in [2.24, 2.45) is 0 Å². The summed E-state index contributed by atoms with van der Waals surface area (Å²) in [7, 11) is 0. The van der Waals surface area contributed by atoms with Gasteiger partial charge in [0, 0.05) is 0 Å². The first-order chi connectivity index (χ1) is 9.00. The van der Waals surface area contributed by atoms with Crippen molar-refractivity contribution in [3.8, 4) is 0 Å². The molecule has 0 bridgehead atoms. The van der Waals surface area contributed by atoms with E-state index in [9.17, 15) is 3.32 Å². The van der Waals surface area contributed by atoms with Crippen molar-refractivity contribution in [1.82, 2.24) is 0 Å². The summed E-state index contributed by atoms with van der Waals surface area (Å²) in [5, 5.41) is 0. The molecule has 0 saturated carbocycles. The van der Waals surface area contributed by atoms with Gasteiger partial charge in [-0.05, 0) is 51.4 Å². The molecule has 0 amide bonds. The topological polar surface area (TPSA) is 0 Å². The van der Waals surface area contributed by atoms with E-state index in [1.165, 1.54) is 77.0 Å². The molecule has 108 valence electrons. The molecule has 2 aliphatic carbocycles. The number of halogens is 1. The van der Waals surface area contributed by atoms with Crippen molar-refractivity contribution >= 4 is 0 Å². The summed E-state index contributed by atoms with van der Waals surface area (Å²) in [6, 6.07) is 0. The predicted octanol–water partition coefficient (Wildman–Crippen LogP) is 6.21. The molecule has 0 spiro atoms. The number of hydrogen-bond donors (Lipinski definition) is 0. The van der Waals surface area contributed by atoms with Crippen LogP contribution >= 0.6 is 0 Å². The molecule has 2 aliphatic rings. The summed E-state index contributed by atoms with van der Waals surface area (Å²) in [4.78, 5) is 0. The van der Waals surface area contributed by atoms with E-state index in [-0.39, 0.29) is 0 Å². The van der Waals surface area contributed by atoms with Crippen LogP contribution in [0.1, 0.15) is 77.0 Å². The summed E-state index contributed by atoms with van der Waals surface area (Å²) in [6.45, 7) is 0.